The van der Waals surface area contributed by atoms with E-state index in [9.17, 15) is 14.3 Å². The van der Waals surface area contributed by atoms with Crippen molar-refractivity contribution in [2.75, 3.05) is 13.7 Å². The molecule has 6 nitrogen and oxygen atoms in total. The lowest BCUT2D eigenvalue weighted by atomic mass is 10.1. The highest BCUT2D eigenvalue weighted by molar-refractivity contribution is 8.18. The van der Waals surface area contributed by atoms with E-state index in [1.807, 2.05) is 35.0 Å². The molecule has 0 amide bonds. The summed E-state index contributed by atoms with van der Waals surface area (Å²) in [5.74, 6) is -0.573. The van der Waals surface area contributed by atoms with Gasteiger partial charge in [0.05, 0.1) is 30.9 Å². The summed E-state index contributed by atoms with van der Waals surface area (Å²) in [5, 5.41) is 12.7. The lowest BCUT2D eigenvalue weighted by Crippen LogP contribution is -2.12. The third-order valence-electron chi connectivity index (χ3n) is 6.17. The van der Waals surface area contributed by atoms with Crippen LogP contribution in [0.4, 0.5) is 10.1 Å². The molecule has 1 aliphatic heterocycles. The van der Waals surface area contributed by atoms with Crippen LogP contribution in [0.5, 0.6) is 5.75 Å². The number of aromatic nitrogens is 1. The zero-order valence-electron chi connectivity index (χ0n) is 21.2. The second-order valence-corrected chi connectivity index (χ2v) is 10.0. The molecule has 1 N–H and O–H groups in total. The van der Waals surface area contributed by atoms with Gasteiger partial charge < -0.3 is 19.1 Å². The summed E-state index contributed by atoms with van der Waals surface area (Å²) in [6, 6.07) is 19.3. The predicted molar refractivity (Wildman–Crippen MR) is 154 cm³/mol. The third kappa shape index (κ3) is 5.44. The summed E-state index contributed by atoms with van der Waals surface area (Å²) in [6.45, 7) is 2.08. The molecule has 5 rings (SSSR count). The summed E-state index contributed by atoms with van der Waals surface area (Å²) < 4.78 is 26.9. The van der Waals surface area contributed by atoms with Gasteiger partial charge in [-0.3, -0.25) is 0 Å². The molecule has 39 heavy (non-hydrogen) atoms. The first-order valence-electron chi connectivity index (χ1n) is 12.1. The number of esters is 1. The first-order valence-corrected chi connectivity index (χ1v) is 13.3. The van der Waals surface area contributed by atoms with Crippen molar-refractivity contribution in [3.63, 3.8) is 0 Å². The number of aliphatic hydroxyl groups is 1. The minimum atomic E-state index is -0.658. The predicted octanol–water partition coefficient (Wildman–Crippen LogP) is 7.68. The molecule has 1 aliphatic rings. The number of fused-ring (bicyclic) bond motifs is 1. The van der Waals surface area contributed by atoms with Crippen LogP contribution in [0.1, 0.15) is 18.1 Å². The molecule has 9 heteroatoms. The van der Waals surface area contributed by atoms with E-state index in [0.717, 1.165) is 16.5 Å². The molecule has 0 spiro atoms. The number of carbonyl (C=O) groups excluding carboxylic acids is 1. The lowest BCUT2D eigenvalue weighted by Gasteiger charge is -2.08. The van der Waals surface area contributed by atoms with Crippen LogP contribution in [-0.2, 0) is 16.1 Å². The number of methoxy groups -OCH3 is 1. The second kappa shape index (κ2) is 11.4. The Labute approximate surface area is 234 Å². The van der Waals surface area contributed by atoms with E-state index >= 15 is 0 Å². The van der Waals surface area contributed by atoms with Crippen molar-refractivity contribution in [1.82, 2.24) is 4.57 Å². The molecular weight excluding hydrogens is 539 g/mol. The Morgan fingerprint density at radius 3 is 2.62 bits per heavy atom. The molecule has 0 aliphatic carbocycles. The Kier molecular flexibility index (Phi) is 7.77. The number of para-hydroxylation sites is 1. The summed E-state index contributed by atoms with van der Waals surface area (Å²) in [4.78, 5) is 17.9. The van der Waals surface area contributed by atoms with Crippen molar-refractivity contribution in [3.8, 4) is 5.75 Å². The minimum Gasteiger partial charge on any atom is -0.506 e. The van der Waals surface area contributed by atoms with E-state index in [1.165, 1.54) is 17.8 Å². The SMILES string of the molecule is CCOC(=O)C1=C(O)/C(=C/c2cn(Cc3c(F)cccc3Cl)c3ccccc23)SC1=Nc1ccc(OC)cc1. The Morgan fingerprint density at radius 2 is 1.90 bits per heavy atom. The number of benzene rings is 3. The number of halogens is 2. The first-order chi connectivity index (χ1) is 18.9. The summed E-state index contributed by atoms with van der Waals surface area (Å²) in [5.41, 5.74) is 2.63. The highest BCUT2D eigenvalue weighted by Gasteiger charge is 2.33. The van der Waals surface area contributed by atoms with Crippen LogP contribution in [0.2, 0.25) is 5.02 Å². The Hall–Kier alpha value is -4.01. The molecular formula is C30H24ClFN2O4S. The maximum Gasteiger partial charge on any atom is 0.344 e. The van der Waals surface area contributed by atoms with Crippen molar-refractivity contribution in [1.29, 1.82) is 0 Å². The molecule has 1 aromatic heterocycles. The average Bonchev–Trinajstić information content (AvgIpc) is 3.43. The number of aliphatic hydroxyl groups excluding tert-OH is 1. The molecule has 0 unspecified atom stereocenters. The molecule has 0 saturated carbocycles. The summed E-state index contributed by atoms with van der Waals surface area (Å²) >= 11 is 7.47. The lowest BCUT2D eigenvalue weighted by molar-refractivity contribution is -0.138. The van der Waals surface area contributed by atoms with Crippen LogP contribution in [0.3, 0.4) is 0 Å². The first kappa shape index (κ1) is 26.6. The van der Waals surface area contributed by atoms with Gasteiger partial charge in [0.25, 0.3) is 0 Å². The third-order valence-corrected chi connectivity index (χ3v) is 7.54. The van der Waals surface area contributed by atoms with Gasteiger partial charge in [0, 0.05) is 33.2 Å². The highest BCUT2D eigenvalue weighted by atomic mass is 35.5. The summed E-state index contributed by atoms with van der Waals surface area (Å²) in [6.07, 6.45) is 3.66. The van der Waals surface area contributed by atoms with Crippen molar-refractivity contribution < 1.29 is 23.8 Å². The molecule has 0 atom stereocenters. The molecule has 0 fully saturated rings. The fourth-order valence-corrected chi connectivity index (χ4v) is 5.53. The number of carbonyl (C=O) groups is 1. The standard InChI is InChI=1S/C30H24ClFN2O4S/c1-3-38-30(36)27-28(35)26(39-29(27)33-19-11-13-20(37-2)14-12-19)15-18-16-34(25-10-5-4-7-21(18)25)17-22-23(31)8-6-9-24(22)32/h4-16,35H,3,17H2,1-2H3/b26-15-,33-29?. The van der Waals surface area contributed by atoms with Crippen LogP contribution in [-0.4, -0.2) is 34.4 Å². The Morgan fingerprint density at radius 1 is 1.13 bits per heavy atom. The molecule has 0 bridgehead atoms. The molecule has 2 heterocycles. The van der Waals surface area contributed by atoms with Gasteiger partial charge >= 0.3 is 5.97 Å². The van der Waals surface area contributed by atoms with E-state index in [2.05, 4.69) is 4.99 Å². The van der Waals surface area contributed by atoms with Gasteiger partial charge in [-0.15, -0.1) is 0 Å². The molecule has 4 aromatic rings. The second-order valence-electron chi connectivity index (χ2n) is 8.60. The maximum absolute atomic E-state index is 14.6. The fourth-order valence-electron chi connectivity index (χ4n) is 4.28. The van der Waals surface area contributed by atoms with E-state index < -0.39 is 5.97 Å². The monoisotopic (exact) mass is 562 g/mol. The highest BCUT2D eigenvalue weighted by Crippen LogP contribution is 2.41. The topological polar surface area (TPSA) is 73.0 Å². The van der Waals surface area contributed by atoms with E-state index in [-0.39, 0.29) is 30.3 Å². The van der Waals surface area contributed by atoms with Crippen LogP contribution in [0.25, 0.3) is 17.0 Å². The van der Waals surface area contributed by atoms with Gasteiger partial charge in [0.2, 0.25) is 0 Å². The van der Waals surface area contributed by atoms with E-state index in [0.29, 0.717) is 32.0 Å². The minimum absolute atomic E-state index is 0.00537. The Balaban J connectivity index is 1.57. The quantitative estimate of drug-likeness (QED) is 0.234. The summed E-state index contributed by atoms with van der Waals surface area (Å²) in [7, 11) is 1.58. The van der Waals surface area contributed by atoms with Crippen molar-refractivity contribution >= 4 is 57.0 Å². The van der Waals surface area contributed by atoms with Gasteiger partial charge in [-0.05, 0) is 55.5 Å². The van der Waals surface area contributed by atoms with Gasteiger partial charge in [-0.2, -0.15) is 0 Å². The molecule has 0 saturated heterocycles. The molecule has 0 radical (unpaired) electrons. The zero-order valence-corrected chi connectivity index (χ0v) is 22.7. The fraction of sp³-hybridized carbons (Fsp3) is 0.133. The van der Waals surface area contributed by atoms with Crippen molar-refractivity contribution in [2.45, 2.75) is 13.5 Å². The van der Waals surface area contributed by atoms with Gasteiger partial charge in [-0.25, -0.2) is 14.2 Å². The van der Waals surface area contributed by atoms with Gasteiger partial charge in [0.1, 0.15) is 27.9 Å². The van der Waals surface area contributed by atoms with E-state index in [1.54, 1.807) is 56.5 Å². The molecule has 3 aromatic carbocycles. The normalized spacial score (nSPS) is 15.5. The van der Waals surface area contributed by atoms with Crippen molar-refractivity contribution in [3.05, 3.63) is 111 Å². The largest absolute Gasteiger partial charge is 0.506 e. The van der Waals surface area contributed by atoms with Crippen LogP contribution in [0.15, 0.2) is 94.2 Å². The maximum atomic E-state index is 14.6. The van der Waals surface area contributed by atoms with Gasteiger partial charge in [-0.1, -0.05) is 47.6 Å². The van der Waals surface area contributed by atoms with Crippen LogP contribution in [0, 0.1) is 5.82 Å². The Bertz CT molecular complexity index is 1640. The number of nitrogens with zero attached hydrogens (tertiary/aromatic N) is 2. The number of hydrogen-bond acceptors (Lipinski definition) is 6. The number of rotatable bonds is 7. The van der Waals surface area contributed by atoms with Gasteiger partial charge in [0.15, 0.2) is 0 Å². The number of ether oxygens (including phenoxy) is 2. The number of aliphatic imine (C=N–C) groups is 1. The number of hydrogen-bond donors (Lipinski definition) is 1. The van der Waals surface area contributed by atoms with Crippen LogP contribution >= 0.6 is 23.4 Å². The van der Waals surface area contributed by atoms with E-state index in [4.69, 9.17) is 21.1 Å². The molecule has 198 valence electrons. The number of thioether (sulfide) groups is 1. The van der Waals surface area contributed by atoms with Crippen LogP contribution < -0.4 is 4.74 Å². The average molecular weight is 563 g/mol. The smallest absolute Gasteiger partial charge is 0.344 e. The zero-order chi connectivity index (χ0) is 27.5. The van der Waals surface area contributed by atoms with Crippen molar-refractivity contribution in [2.24, 2.45) is 4.99 Å².